The van der Waals surface area contributed by atoms with Crippen molar-refractivity contribution in [3.05, 3.63) is 59.4 Å². The number of amides is 2. The fraction of sp³-hybridized carbons (Fsp3) is 0.318. The first kappa shape index (κ1) is 26.3. The Morgan fingerprint density at radius 1 is 1.17 bits per heavy atom. The van der Waals surface area contributed by atoms with E-state index in [-0.39, 0.29) is 46.0 Å². The Bertz CT molecular complexity index is 1320. The summed E-state index contributed by atoms with van der Waals surface area (Å²) < 4.78 is 90.4. The molecule has 0 spiro atoms. The molecule has 2 aromatic carbocycles. The summed E-state index contributed by atoms with van der Waals surface area (Å²) in [6, 6.07) is 9.85. The Hall–Kier alpha value is -2.75. The minimum atomic E-state index is -4.72. The van der Waals surface area contributed by atoms with Crippen LogP contribution in [0.15, 0.2) is 45.7 Å². The van der Waals surface area contributed by atoms with E-state index in [0.29, 0.717) is 11.4 Å². The molecule has 14 heteroatoms. The van der Waals surface area contributed by atoms with Crippen LogP contribution in [0.2, 0.25) is 0 Å². The maximum atomic E-state index is 15.1. The molecule has 1 saturated heterocycles. The maximum absolute atomic E-state index is 15.1. The third kappa shape index (κ3) is 5.96. The molecule has 2 aliphatic heterocycles. The number of alkyl halides is 3. The minimum Gasteiger partial charge on any atom is -0.497 e. The lowest BCUT2D eigenvalue weighted by atomic mass is 10.1. The third-order valence-corrected chi connectivity index (χ3v) is 9.03. The predicted octanol–water partition coefficient (Wildman–Crippen LogP) is 4.05. The summed E-state index contributed by atoms with van der Waals surface area (Å²) in [6.07, 6.45) is -4.72. The summed E-state index contributed by atoms with van der Waals surface area (Å²) in [7, 11) is -1.73. The number of ether oxygens (including phenoxy) is 2. The van der Waals surface area contributed by atoms with Gasteiger partial charge in [0.1, 0.15) is 11.6 Å². The number of anilines is 1. The summed E-state index contributed by atoms with van der Waals surface area (Å²) in [6.45, 7) is -0.178. The molecule has 0 aromatic heterocycles. The highest BCUT2D eigenvalue weighted by atomic mass is 127. The van der Waals surface area contributed by atoms with E-state index in [2.05, 4.69) is 3.21 Å². The highest BCUT2D eigenvalue weighted by molar-refractivity contribution is 14.2. The first-order valence-corrected chi connectivity index (χ1v) is 14.4. The molecule has 2 amide bonds. The summed E-state index contributed by atoms with van der Waals surface area (Å²) in [4.78, 5) is 16.0. The van der Waals surface area contributed by atoms with Gasteiger partial charge in [-0.3, -0.25) is 4.90 Å². The second-order valence-electron chi connectivity index (χ2n) is 7.86. The molecule has 0 N–H and O–H groups in total. The van der Waals surface area contributed by atoms with E-state index in [0.717, 1.165) is 6.07 Å². The van der Waals surface area contributed by atoms with Crippen molar-refractivity contribution in [2.45, 2.75) is 12.7 Å². The normalized spacial score (nSPS) is 17.4. The molecule has 0 unspecified atom stereocenters. The SMILES string of the molecule is COc1ccc(N(Cc2ccc(C3=IN=C(C(F)(F)F)O3)cc2F)C(=O)N2CCS(=O)(=O)CC2)cc1. The molecule has 2 aromatic rings. The molecule has 8 nitrogen and oxygen atoms in total. The highest BCUT2D eigenvalue weighted by Gasteiger charge is 2.41. The monoisotopic (exact) mass is 641 g/mol. The van der Waals surface area contributed by atoms with Crippen LogP contribution in [0.25, 0.3) is 0 Å². The summed E-state index contributed by atoms with van der Waals surface area (Å²) in [5.74, 6) is -1.86. The predicted molar refractivity (Wildman–Crippen MR) is 134 cm³/mol. The minimum absolute atomic E-state index is 0.0100. The van der Waals surface area contributed by atoms with Gasteiger partial charge in [-0.25, -0.2) is 17.6 Å². The molecular weight excluding hydrogens is 621 g/mol. The lowest BCUT2D eigenvalue weighted by Crippen LogP contribution is -2.49. The van der Waals surface area contributed by atoms with E-state index < -0.39 is 54.8 Å². The van der Waals surface area contributed by atoms with Gasteiger partial charge in [0.15, 0.2) is 13.5 Å². The largest absolute Gasteiger partial charge is 0.497 e. The lowest BCUT2D eigenvalue weighted by Gasteiger charge is -2.33. The number of sulfone groups is 1. The van der Waals surface area contributed by atoms with Gasteiger partial charge in [-0.05, 0) is 30.3 Å². The Kier molecular flexibility index (Phi) is 7.54. The Morgan fingerprint density at radius 2 is 1.83 bits per heavy atom. The zero-order chi connectivity index (χ0) is 26.1. The zero-order valence-electron chi connectivity index (χ0n) is 18.8. The molecular formula is C22H20F4IN3O5S. The van der Waals surface area contributed by atoms with E-state index in [4.69, 9.17) is 9.47 Å². The highest BCUT2D eigenvalue weighted by Crippen LogP contribution is 2.30. The van der Waals surface area contributed by atoms with Crippen LogP contribution in [0.4, 0.5) is 28.0 Å². The Balaban J connectivity index is 1.57. The number of hydrogen-bond donors (Lipinski definition) is 0. The van der Waals surface area contributed by atoms with Crippen LogP contribution in [0, 0.1) is 5.82 Å². The molecule has 4 rings (SSSR count). The third-order valence-electron chi connectivity index (χ3n) is 5.46. The molecule has 0 saturated carbocycles. The standard InChI is InChI=1S/C22H20F4IN3O5S/c1-34-17-6-4-16(5-7-17)30(21(31)29-8-10-36(32,33)11-9-29)13-15-3-2-14(12-18(15)23)19-27-28-20(35-19)22(24,25)26/h2-7,12H,8-11,13H2,1H3. The zero-order valence-corrected chi connectivity index (χ0v) is 21.7. The molecule has 194 valence electrons. The fourth-order valence-corrected chi connectivity index (χ4v) is 6.42. The topological polar surface area (TPSA) is 88.5 Å². The van der Waals surface area contributed by atoms with Crippen molar-refractivity contribution < 1.29 is 40.2 Å². The number of carbonyl (C=O) groups excluding carboxylic acids is 1. The van der Waals surface area contributed by atoms with Crippen LogP contribution in [-0.2, 0) is 21.1 Å². The van der Waals surface area contributed by atoms with Crippen molar-refractivity contribution in [3.63, 3.8) is 0 Å². The van der Waals surface area contributed by atoms with Crippen molar-refractivity contribution in [2.75, 3.05) is 36.6 Å². The van der Waals surface area contributed by atoms with Crippen molar-refractivity contribution >= 4 is 52.2 Å². The summed E-state index contributed by atoms with van der Waals surface area (Å²) >= 11 is -1.45. The number of benzene rings is 2. The second-order valence-corrected chi connectivity index (χ2v) is 12.1. The molecule has 0 atom stereocenters. The number of rotatable bonds is 5. The average molecular weight is 641 g/mol. The van der Waals surface area contributed by atoms with Crippen LogP contribution in [-0.4, -0.2) is 66.8 Å². The molecule has 0 radical (unpaired) electrons. The first-order valence-electron chi connectivity index (χ1n) is 10.5. The van der Waals surface area contributed by atoms with Gasteiger partial charge in [0.25, 0.3) is 0 Å². The van der Waals surface area contributed by atoms with Gasteiger partial charge in [0, 0.05) is 29.9 Å². The van der Waals surface area contributed by atoms with Crippen molar-refractivity contribution in [2.24, 2.45) is 3.21 Å². The number of carbonyl (C=O) groups is 1. The number of nitrogens with zero attached hydrogens (tertiary/aromatic N) is 3. The number of urea groups is 1. The van der Waals surface area contributed by atoms with Gasteiger partial charge in [-0.1, -0.05) is 12.1 Å². The quantitative estimate of drug-likeness (QED) is 0.364. The van der Waals surface area contributed by atoms with E-state index in [1.165, 1.54) is 29.0 Å². The fourth-order valence-electron chi connectivity index (χ4n) is 3.48. The van der Waals surface area contributed by atoms with E-state index in [1.807, 2.05) is 0 Å². The molecule has 36 heavy (non-hydrogen) atoms. The van der Waals surface area contributed by atoms with Gasteiger partial charge in [-0.15, -0.1) is 0 Å². The van der Waals surface area contributed by atoms with E-state index in [1.54, 1.807) is 24.3 Å². The smallest absolute Gasteiger partial charge is 0.469 e. The van der Waals surface area contributed by atoms with Crippen LogP contribution in [0.5, 0.6) is 5.75 Å². The van der Waals surface area contributed by atoms with Crippen LogP contribution in [0.1, 0.15) is 11.1 Å². The van der Waals surface area contributed by atoms with Crippen molar-refractivity contribution in [1.82, 2.24) is 4.90 Å². The Morgan fingerprint density at radius 3 is 2.39 bits per heavy atom. The van der Waals surface area contributed by atoms with Crippen molar-refractivity contribution in [1.29, 1.82) is 0 Å². The average Bonchev–Trinajstić information content (AvgIpc) is 3.34. The number of hydrogen-bond acceptors (Lipinski definition) is 6. The molecule has 1 fully saturated rings. The van der Waals surface area contributed by atoms with Crippen LogP contribution < -0.4 is 9.64 Å². The second kappa shape index (κ2) is 10.3. The maximum Gasteiger partial charge on any atom is 0.469 e. The van der Waals surface area contributed by atoms with E-state index in [9.17, 15) is 26.4 Å². The van der Waals surface area contributed by atoms with Gasteiger partial charge >= 0.3 is 18.1 Å². The number of halogens is 5. The molecule has 2 aliphatic rings. The summed E-state index contributed by atoms with van der Waals surface area (Å²) in [5, 5.41) is 0. The first-order chi connectivity index (χ1) is 17.0. The van der Waals surface area contributed by atoms with Gasteiger partial charge in [0.2, 0.25) is 0 Å². The molecule has 0 aliphatic carbocycles. The van der Waals surface area contributed by atoms with Gasteiger partial charge in [-0.2, -0.15) is 16.4 Å². The van der Waals surface area contributed by atoms with Crippen LogP contribution >= 0.6 is 21.0 Å². The lowest BCUT2D eigenvalue weighted by molar-refractivity contribution is -0.0709. The van der Waals surface area contributed by atoms with Crippen LogP contribution in [0.3, 0.4) is 0 Å². The molecule has 2 heterocycles. The van der Waals surface area contributed by atoms with Gasteiger partial charge < -0.3 is 14.4 Å². The number of methoxy groups -OCH3 is 1. The Labute approximate surface area is 214 Å². The van der Waals surface area contributed by atoms with Gasteiger partial charge in [0.05, 0.1) is 46.2 Å². The van der Waals surface area contributed by atoms with Crippen molar-refractivity contribution in [3.8, 4) is 5.75 Å². The summed E-state index contributed by atoms with van der Waals surface area (Å²) in [5.41, 5.74) is 0.692. The van der Waals surface area contributed by atoms with E-state index >= 15 is 4.39 Å². The molecule has 0 bridgehead atoms.